The minimum absolute atomic E-state index is 0.0573. The number of nitrogens with zero attached hydrogens (tertiary/aromatic N) is 5. The van der Waals surface area contributed by atoms with Crippen LogP contribution in [0.4, 0.5) is 4.39 Å². The Labute approximate surface area is 165 Å². The highest BCUT2D eigenvalue weighted by molar-refractivity contribution is 5.76. The number of benzene rings is 2. The van der Waals surface area contributed by atoms with E-state index in [1.165, 1.54) is 6.07 Å². The first kappa shape index (κ1) is 19.8. The van der Waals surface area contributed by atoms with Gasteiger partial charge in [-0.1, -0.05) is 37.3 Å². The Hall–Kier alpha value is -2.91. The van der Waals surface area contributed by atoms with Crippen LogP contribution in [0.2, 0.25) is 0 Å². The van der Waals surface area contributed by atoms with Crippen molar-refractivity contribution in [1.82, 2.24) is 14.0 Å². The van der Waals surface area contributed by atoms with Crippen molar-refractivity contribution < 1.29 is 4.39 Å². The van der Waals surface area contributed by atoms with Gasteiger partial charge in [0.2, 0.25) is 11.8 Å². The van der Waals surface area contributed by atoms with Crippen molar-refractivity contribution >= 4 is 11.0 Å². The minimum Gasteiger partial charge on any atom is -0.309 e. The Balaban J connectivity index is 2.34. The summed E-state index contributed by atoms with van der Waals surface area (Å²) in [4.78, 5) is 6.29. The van der Waals surface area contributed by atoms with Crippen molar-refractivity contribution in [2.24, 2.45) is 4.99 Å². The zero-order chi connectivity index (χ0) is 20.1. The van der Waals surface area contributed by atoms with E-state index in [4.69, 9.17) is 0 Å². The summed E-state index contributed by atoms with van der Waals surface area (Å²) in [6.45, 7) is 3.65. The molecule has 0 radical (unpaired) electrons. The molecular formula is C22H26FN5. The number of rotatable bonds is 7. The summed E-state index contributed by atoms with van der Waals surface area (Å²) >= 11 is 0. The van der Waals surface area contributed by atoms with Crippen LogP contribution in [0.3, 0.4) is 0 Å². The molecule has 1 aromatic heterocycles. The molecule has 0 amide bonds. The quantitative estimate of drug-likeness (QED) is 0.584. The first-order valence-corrected chi connectivity index (χ1v) is 9.59. The van der Waals surface area contributed by atoms with E-state index in [1.54, 1.807) is 12.1 Å². The van der Waals surface area contributed by atoms with Gasteiger partial charge in [-0.3, -0.25) is 0 Å². The Bertz CT molecular complexity index is 1040. The zero-order valence-corrected chi connectivity index (χ0v) is 16.6. The van der Waals surface area contributed by atoms with Crippen LogP contribution in [0.5, 0.6) is 0 Å². The molecule has 0 aliphatic carbocycles. The van der Waals surface area contributed by atoms with Crippen LogP contribution in [0.1, 0.15) is 31.4 Å². The normalized spacial score (nSPS) is 13.2. The second kappa shape index (κ2) is 8.85. The summed E-state index contributed by atoms with van der Waals surface area (Å²) in [7, 11) is 4.07. The average Bonchev–Trinajstić information content (AvgIpc) is 2.96. The molecule has 146 valence electrons. The fourth-order valence-corrected chi connectivity index (χ4v) is 3.67. The number of halogens is 1. The third-order valence-electron chi connectivity index (χ3n) is 4.89. The highest BCUT2D eigenvalue weighted by atomic mass is 19.1. The van der Waals surface area contributed by atoms with Gasteiger partial charge in [0.05, 0.1) is 17.1 Å². The zero-order valence-electron chi connectivity index (χ0n) is 16.6. The van der Waals surface area contributed by atoms with Gasteiger partial charge < -0.3 is 14.0 Å². The lowest BCUT2D eigenvalue weighted by molar-refractivity contribution is 0.364. The SMILES string of the molecule is CCCn1c(=NC#N)n(C(CCN(C)C)c2ccccc2)c2cc(F)ccc21. The summed E-state index contributed by atoms with van der Waals surface area (Å²) in [6, 6.07) is 14.9. The molecule has 3 aromatic rings. The third kappa shape index (κ3) is 4.00. The number of nitriles is 1. The average molecular weight is 379 g/mol. The van der Waals surface area contributed by atoms with Crippen LogP contribution in [0.25, 0.3) is 11.0 Å². The smallest absolute Gasteiger partial charge is 0.222 e. The molecule has 0 saturated heterocycles. The standard InChI is InChI=1S/C22H26FN5/c1-4-13-27-20-11-10-18(23)15-21(20)28(22(27)25-16-24)19(12-14-26(2)3)17-8-6-5-7-9-17/h5-11,15,19H,4,12-14H2,1-3H3. The van der Waals surface area contributed by atoms with Crippen LogP contribution in [-0.2, 0) is 6.54 Å². The van der Waals surface area contributed by atoms with Gasteiger partial charge in [-0.2, -0.15) is 5.26 Å². The van der Waals surface area contributed by atoms with E-state index in [0.717, 1.165) is 36.0 Å². The van der Waals surface area contributed by atoms with Crippen LogP contribution >= 0.6 is 0 Å². The number of hydrogen-bond acceptors (Lipinski definition) is 3. The van der Waals surface area contributed by atoms with E-state index in [9.17, 15) is 9.65 Å². The van der Waals surface area contributed by atoms with Crippen LogP contribution in [-0.4, -0.2) is 34.7 Å². The third-order valence-corrected chi connectivity index (χ3v) is 4.89. The van der Waals surface area contributed by atoms with Gasteiger partial charge in [0.15, 0.2) is 0 Å². The molecule has 1 atom stereocenters. The Kier molecular flexibility index (Phi) is 6.27. The van der Waals surface area contributed by atoms with Gasteiger partial charge in [-0.25, -0.2) is 4.39 Å². The molecule has 5 nitrogen and oxygen atoms in total. The molecule has 0 saturated carbocycles. The maximum atomic E-state index is 14.2. The lowest BCUT2D eigenvalue weighted by Gasteiger charge is -2.22. The Morgan fingerprint density at radius 1 is 1.14 bits per heavy atom. The number of aromatic nitrogens is 2. The molecule has 0 N–H and O–H groups in total. The Morgan fingerprint density at radius 3 is 2.54 bits per heavy atom. The molecule has 3 rings (SSSR count). The van der Waals surface area contributed by atoms with E-state index < -0.39 is 0 Å². The van der Waals surface area contributed by atoms with Gasteiger partial charge in [0.25, 0.3) is 0 Å². The molecule has 0 spiro atoms. The van der Waals surface area contributed by atoms with Crippen LogP contribution in [0, 0.1) is 17.3 Å². The number of imidazole rings is 1. The highest BCUT2D eigenvalue weighted by Gasteiger charge is 2.21. The molecule has 0 aliphatic rings. The number of aryl methyl sites for hydroxylation is 1. The van der Waals surface area contributed by atoms with Gasteiger partial charge >= 0.3 is 0 Å². The summed E-state index contributed by atoms with van der Waals surface area (Å²) < 4.78 is 18.2. The first-order valence-electron chi connectivity index (χ1n) is 9.59. The molecule has 0 bridgehead atoms. The largest absolute Gasteiger partial charge is 0.309 e. The molecule has 0 fully saturated rings. The van der Waals surface area contributed by atoms with E-state index in [0.29, 0.717) is 12.2 Å². The summed E-state index contributed by atoms with van der Waals surface area (Å²) in [5.41, 5.74) is 3.33. The molecule has 28 heavy (non-hydrogen) atoms. The van der Waals surface area contributed by atoms with E-state index in [2.05, 4.69) is 28.9 Å². The second-order valence-electron chi connectivity index (χ2n) is 7.18. The second-order valence-corrected chi connectivity index (χ2v) is 7.18. The van der Waals surface area contributed by atoms with E-state index in [1.807, 2.05) is 47.6 Å². The first-order chi connectivity index (χ1) is 13.6. The lowest BCUT2D eigenvalue weighted by atomic mass is 10.0. The van der Waals surface area contributed by atoms with E-state index in [-0.39, 0.29) is 11.9 Å². The highest BCUT2D eigenvalue weighted by Crippen LogP contribution is 2.26. The van der Waals surface area contributed by atoms with Crippen molar-refractivity contribution in [3.05, 3.63) is 65.5 Å². The van der Waals surface area contributed by atoms with Gasteiger partial charge in [0.1, 0.15) is 5.82 Å². The molecule has 0 aliphatic heterocycles. The lowest BCUT2D eigenvalue weighted by Crippen LogP contribution is -2.31. The monoisotopic (exact) mass is 379 g/mol. The van der Waals surface area contributed by atoms with Gasteiger partial charge in [0, 0.05) is 6.54 Å². The van der Waals surface area contributed by atoms with Crippen LogP contribution in [0.15, 0.2) is 53.5 Å². The predicted octanol–water partition coefficient (Wildman–Crippen LogP) is 3.91. The van der Waals surface area contributed by atoms with Gasteiger partial charge in [-0.05, 0) is 57.2 Å². The summed E-state index contributed by atoms with van der Waals surface area (Å²) in [6.07, 6.45) is 3.66. The molecule has 6 heteroatoms. The number of fused-ring (bicyclic) bond motifs is 1. The van der Waals surface area contributed by atoms with Crippen molar-refractivity contribution in [3.8, 4) is 6.19 Å². The van der Waals surface area contributed by atoms with Crippen molar-refractivity contribution in [2.45, 2.75) is 32.4 Å². The Morgan fingerprint density at radius 2 is 1.89 bits per heavy atom. The van der Waals surface area contributed by atoms with Crippen molar-refractivity contribution in [3.63, 3.8) is 0 Å². The molecule has 2 aromatic carbocycles. The summed E-state index contributed by atoms with van der Waals surface area (Å²) in [5, 5.41) is 9.36. The molecular weight excluding hydrogens is 353 g/mol. The van der Waals surface area contributed by atoms with E-state index >= 15 is 0 Å². The number of hydrogen-bond donors (Lipinski definition) is 0. The maximum Gasteiger partial charge on any atom is 0.222 e. The van der Waals surface area contributed by atoms with Crippen molar-refractivity contribution in [1.29, 1.82) is 5.26 Å². The molecule has 1 heterocycles. The fraction of sp³-hybridized carbons (Fsp3) is 0.364. The topological polar surface area (TPSA) is 49.2 Å². The molecule has 1 unspecified atom stereocenters. The van der Waals surface area contributed by atoms with Gasteiger partial charge in [-0.15, -0.1) is 4.99 Å². The van der Waals surface area contributed by atoms with Crippen LogP contribution < -0.4 is 5.62 Å². The minimum atomic E-state index is -0.294. The fourth-order valence-electron chi connectivity index (χ4n) is 3.67. The van der Waals surface area contributed by atoms with Crippen molar-refractivity contribution in [2.75, 3.05) is 20.6 Å². The summed E-state index contributed by atoms with van der Waals surface area (Å²) in [5.74, 6) is -0.294. The predicted molar refractivity (Wildman–Crippen MR) is 109 cm³/mol. The maximum absolute atomic E-state index is 14.2.